The summed E-state index contributed by atoms with van der Waals surface area (Å²) in [7, 11) is 0. The van der Waals surface area contributed by atoms with E-state index in [9.17, 15) is 4.79 Å². The van der Waals surface area contributed by atoms with Gasteiger partial charge in [-0.25, -0.2) is 0 Å². The van der Waals surface area contributed by atoms with Gasteiger partial charge in [0.25, 0.3) is 0 Å². The van der Waals surface area contributed by atoms with E-state index in [2.05, 4.69) is 0 Å². The van der Waals surface area contributed by atoms with Crippen molar-refractivity contribution in [1.82, 2.24) is 0 Å². The molecule has 0 radical (unpaired) electrons. The zero-order valence-electron chi connectivity index (χ0n) is 11.9. The predicted octanol–water partition coefficient (Wildman–Crippen LogP) is 2.12. The van der Waals surface area contributed by atoms with E-state index in [4.69, 9.17) is 14.9 Å². The molecule has 0 saturated heterocycles. The minimum Gasteiger partial charge on any atom is -0.460 e. The molecule has 0 aliphatic carbocycles. The van der Waals surface area contributed by atoms with Crippen LogP contribution in [0.4, 0.5) is 0 Å². The van der Waals surface area contributed by atoms with Gasteiger partial charge in [0.05, 0.1) is 5.60 Å². The molecule has 4 nitrogen and oxygen atoms in total. The number of hydrogen-bond donors (Lipinski definition) is 2. The third kappa shape index (κ3) is 107. The van der Waals surface area contributed by atoms with Crippen LogP contribution in [0.15, 0.2) is 0 Å². The maximum absolute atomic E-state index is 10.2. The topological polar surface area (TPSA) is 66.8 Å². The molecule has 100 valence electrons. The van der Waals surface area contributed by atoms with E-state index < -0.39 is 5.60 Å². The van der Waals surface area contributed by atoms with E-state index >= 15 is 0 Å². The summed E-state index contributed by atoms with van der Waals surface area (Å²) in [5, 5.41) is 16.1. The van der Waals surface area contributed by atoms with Crippen LogP contribution in [0.5, 0.6) is 0 Å². The van der Waals surface area contributed by atoms with E-state index in [-0.39, 0.29) is 18.2 Å². The predicted molar refractivity (Wildman–Crippen MR) is 66.3 cm³/mol. The van der Waals surface area contributed by atoms with Crippen molar-refractivity contribution in [2.45, 2.75) is 66.6 Å². The molecule has 0 saturated carbocycles. The van der Waals surface area contributed by atoms with E-state index in [1.54, 1.807) is 27.7 Å². The monoisotopic (exact) mass is 236 g/mol. The van der Waals surface area contributed by atoms with Crippen LogP contribution in [-0.2, 0) is 9.53 Å². The van der Waals surface area contributed by atoms with Crippen LogP contribution in [0.3, 0.4) is 0 Å². The van der Waals surface area contributed by atoms with Crippen LogP contribution < -0.4 is 0 Å². The zero-order valence-corrected chi connectivity index (χ0v) is 11.9. The van der Waals surface area contributed by atoms with Crippen LogP contribution in [0.2, 0.25) is 0 Å². The molecule has 0 aliphatic rings. The Morgan fingerprint density at radius 3 is 1.31 bits per heavy atom. The molecule has 0 atom stereocenters. The molecule has 4 heteroatoms. The highest BCUT2D eigenvalue weighted by atomic mass is 16.6. The molecule has 0 bridgehead atoms. The van der Waals surface area contributed by atoms with E-state index in [1.165, 1.54) is 6.92 Å². The molecule has 0 aromatic carbocycles. The highest BCUT2D eigenvalue weighted by Gasteiger charge is 2.11. The Balaban J connectivity index is -0.000000181. The molecular weight excluding hydrogens is 208 g/mol. The summed E-state index contributed by atoms with van der Waals surface area (Å²) in [4.78, 5) is 10.2. The highest BCUT2D eigenvalue weighted by Crippen LogP contribution is 2.05. The Morgan fingerprint density at radius 1 is 1.12 bits per heavy atom. The van der Waals surface area contributed by atoms with E-state index in [1.807, 2.05) is 20.8 Å². The van der Waals surface area contributed by atoms with Crippen LogP contribution in [0, 0.1) is 0 Å². The summed E-state index contributed by atoms with van der Waals surface area (Å²) in [6.07, 6.45) is 0. The number of hydrogen-bond acceptors (Lipinski definition) is 4. The molecule has 0 amide bonds. The third-order valence-corrected chi connectivity index (χ3v) is 0.450. The lowest BCUT2D eigenvalue weighted by molar-refractivity contribution is -0.151. The highest BCUT2D eigenvalue weighted by molar-refractivity contribution is 5.66. The van der Waals surface area contributed by atoms with Crippen molar-refractivity contribution < 1.29 is 19.7 Å². The number of esters is 1. The van der Waals surface area contributed by atoms with Gasteiger partial charge < -0.3 is 14.9 Å². The van der Waals surface area contributed by atoms with Crippen LogP contribution in [0.1, 0.15) is 55.4 Å². The van der Waals surface area contributed by atoms with Gasteiger partial charge in [0.1, 0.15) is 5.60 Å². The van der Waals surface area contributed by atoms with Gasteiger partial charge in [0.15, 0.2) is 0 Å². The molecule has 0 fully saturated rings. The number of carbonyl (C=O) groups excluding carboxylic acids is 1. The Hall–Kier alpha value is -0.610. The number of ether oxygens (including phenoxy) is 1. The Kier molecular flexibility index (Phi) is 12.5. The molecule has 0 spiro atoms. The summed E-state index contributed by atoms with van der Waals surface area (Å²) in [5.74, 6) is -0.225. The molecule has 16 heavy (non-hydrogen) atoms. The number of carbonyl (C=O) groups is 1. The summed E-state index contributed by atoms with van der Waals surface area (Å²) in [6, 6.07) is 0. The van der Waals surface area contributed by atoms with Gasteiger partial charge in [-0.2, -0.15) is 0 Å². The molecule has 2 N–H and O–H groups in total. The number of aliphatic hydroxyl groups is 2. The minimum atomic E-state index is -0.500. The standard InChI is InChI=1S/C6H12O2.C4H10O.C2H6O/c1-5(7)8-6(2,3)4;1-4(2,3)5;1-2-3/h1-4H3;5H,1-3H3;3H,2H2,1H3. The van der Waals surface area contributed by atoms with Gasteiger partial charge in [-0.1, -0.05) is 0 Å². The normalized spacial score (nSPS) is 10.4. The Morgan fingerprint density at radius 2 is 1.31 bits per heavy atom. The maximum Gasteiger partial charge on any atom is 0.303 e. The van der Waals surface area contributed by atoms with Crippen molar-refractivity contribution in [2.75, 3.05) is 6.61 Å². The maximum atomic E-state index is 10.2. The van der Waals surface area contributed by atoms with Crippen LogP contribution in [0.25, 0.3) is 0 Å². The second-order valence-electron chi connectivity index (χ2n) is 5.19. The van der Waals surface area contributed by atoms with Gasteiger partial charge in [-0.15, -0.1) is 0 Å². The second-order valence-corrected chi connectivity index (χ2v) is 5.19. The summed E-state index contributed by atoms with van der Waals surface area (Å²) in [5.41, 5.74) is -0.828. The first-order chi connectivity index (χ1) is 6.83. The summed E-state index contributed by atoms with van der Waals surface area (Å²) < 4.78 is 4.80. The molecule has 0 aromatic rings. The summed E-state index contributed by atoms with van der Waals surface area (Å²) in [6.45, 7) is 14.1. The fourth-order valence-corrected chi connectivity index (χ4v) is 0.431. The second kappa shape index (κ2) is 9.60. The van der Waals surface area contributed by atoms with Crippen molar-refractivity contribution in [1.29, 1.82) is 0 Å². The first-order valence-corrected chi connectivity index (χ1v) is 5.36. The zero-order chi connectivity index (χ0) is 14.0. The average Bonchev–Trinajstić information content (AvgIpc) is 1.76. The van der Waals surface area contributed by atoms with Crippen molar-refractivity contribution in [3.05, 3.63) is 0 Å². The summed E-state index contributed by atoms with van der Waals surface area (Å²) >= 11 is 0. The van der Waals surface area contributed by atoms with Crippen molar-refractivity contribution in [3.8, 4) is 0 Å². The first-order valence-electron chi connectivity index (χ1n) is 5.36. The number of aliphatic hydroxyl groups excluding tert-OH is 1. The quantitative estimate of drug-likeness (QED) is 0.632. The van der Waals surface area contributed by atoms with Gasteiger partial charge in [-0.3, -0.25) is 4.79 Å². The molecule has 0 unspecified atom stereocenters. The average molecular weight is 236 g/mol. The Bertz CT molecular complexity index is 157. The lowest BCUT2D eigenvalue weighted by Crippen LogP contribution is -2.21. The third-order valence-electron chi connectivity index (χ3n) is 0.450. The smallest absolute Gasteiger partial charge is 0.303 e. The van der Waals surface area contributed by atoms with Crippen molar-refractivity contribution in [3.63, 3.8) is 0 Å². The lowest BCUT2D eigenvalue weighted by Gasteiger charge is -2.17. The Labute approximate surface area is 99.6 Å². The number of rotatable bonds is 0. The first kappa shape index (κ1) is 20.8. The van der Waals surface area contributed by atoms with E-state index in [0.717, 1.165) is 0 Å². The lowest BCUT2D eigenvalue weighted by atomic mass is 10.2. The molecule has 0 rings (SSSR count). The van der Waals surface area contributed by atoms with Gasteiger partial charge in [0.2, 0.25) is 0 Å². The molecular formula is C12H28O4. The van der Waals surface area contributed by atoms with Gasteiger partial charge in [-0.05, 0) is 48.5 Å². The minimum absolute atomic E-state index is 0.225. The largest absolute Gasteiger partial charge is 0.460 e. The SMILES string of the molecule is CC(=O)OC(C)(C)C.CC(C)(C)O.CCO. The van der Waals surface area contributed by atoms with Crippen molar-refractivity contribution in [2.24, 2.45) is 0 Å². The molecule has 0 aliphatic heterocycles. The van der Waals surface area contributed by atoms with Gasteiger partial charge >= 0.3 is 5.97 Å². The molecule has 0 heterocycles. The van der Waals surface area contributed by atoms with E-state index in [0.29, 0.717) is 0 Å². The fraction of sp³-hybridized carbons (Fsp3) is 0.917. The molecule has 0 aromatic heterocycles. The van der Waals surface area contributed by atoms with Crippen LogP contribution >= 0.6 is 0 Å². The van der Waals surface area contributed by atoms with Crippen LogP contribution in [-0.4, -0.2) is 34.0 Å². The van der Waals surface area contributed by atoms with Crippen molar-refractivity contribution >= 4 is 5.97 Å². The fourth-order valence-electron chi connectivity index (χ4n) is 0.431. The van der Waals surface area contributed by atoms with Gasteiger partial charge in [0, 0.05) is 13.5 Å².